The number of carbonyl (C=O) groups is 1. The van der Waals surface area contributed by atoms with Crippen LogP contribution in [0, 0.1) is 5.41 Å². The summed E-state index contributed by atoms with van der Waals surface area (Å²) in [5.41, 5.74) is 0.853. The number of ether oxygens (including phenoxy) is 1. The molecule has 0 spiro atoms. The van der Waals surface area contributed by atoms with Crippen molar-refractivity contribution < 1.29 is 9.53 Å². The molecule has 1 aromatic carbocycles. The van der Waals surface area contributed by atoms with E-state index >= 15 is 0 Å². The molecule has 0 atom stereocenters. The van der Waals surface area contributed by atoms with Crippen LogP contribution >= 0.6 is 11.6 Å². The van der Waals surface area contributed by atoms with Crippen LogP contribution in [0.5, 0.6) is 0 Å². The first-order valence-electron chi connectivity index (χ1n) is 10.9. The molecule has 1 saturated heterocycles. The quantitative estimate of drug-likeness (QED) is 0.533. The van der Waals surface area contributed by atoms with Crippen LogP contribution in [-0.2, 0) is 14.9 Å². The fraction of sp³-hybridized carbons (Fsp3) is 0.652. The average molecular weight is 435 g/mol. The average Bonchev–Trinajstić information content (AvgIpc) is 3.24. The smallest absolute Gasteiger partial charge is 0.230 e. The number of carbonyl (C=O) groups excluding carboxylic acids is 1. The van der Waals surface area contributed by atoms with Gasteiger partial charge >= 0.3 is 0 Å². The van der Waals surface area contributed by atoms with E-state index in [4.69, 9.17) is 16.3 Å². The number of nitrogens with zero attached hydrogens (tertiary/aromatic N) is 2. The molecule has 3 rings (SSSR count). The zero-order valence-electron chi connectivity index (χ0n) is 18.5. The molecule has 0 bridgehead atoms. The molecule has 6 nitrogen and oxygen atoms in total. The van der Waals surface area contributed by atoms with Crippen molar-refractivity contribution in [3.8, 4) is 0 Å². The summed E-state index contributed by atoms with van der Waals surface area (Å²) in [6.45, 7) is 2.82. The van der Waals surface area contributed by atoms with Gasteiger partial charge in [-0.05, 0) is 43.4 Å². The second-order valence-electron chi connectivity index (χ2n) is 8.87. The molecule has 1 amide bonds. The summed E-state index contributed by atoms with van der Waals surface area (Å²) in [6, 6.07) is 8.14. The molecule has 2 N–H and O–H groups in total. The van der Waals surface area contributed by atoms with Crippen molar-refractivity contribution >= 4 is 23.5 Å². The Balaban J connectivity index is 1.68. The molecule has 30 heavy (non-hydrogen) atoms. The lowest BCUT2D eigenvalue weighted by atomic mass is 9.74. The maximum absolute atomic E-state index is 12.8. The highest BCUT2D eigenvalue weighted by Gasteiger charge is 2.42. The van der Waals surface area contributed by atoms with Crippen LogP contribution in [0.15, 0.2) is 29.3 Å². The van der Waals surface area contributed by atoms with Crippen molar-refractivity contribution in [2.75, 3.05) is 47.4 Å². The zero-order valence-corrected chi connectivity index (χ0v) is 19.2. The first kappa shape index (κ1) is 22.9. The third-order valence-electron chi connectivity index (χ3n) is 6.72. The molecule has 7 heteroatoms. The number of hydrogen-bond donors (Lipinski definition) is 2. The topological polar surface area (TPSA) is 66.0 Å². The van der Waals surface area contributed by atoms with Gasteiger partial charge in [0, 0.05) is 57.9 Å². The summed E-state index contributed by atoms with van der Waals surface area (Å²) < 4.78 is 5.64. The Morgan fingerprint density at radius 3 is 2.40 bits per heavy atom. The van der Waals surface area contributed by atoms with Gasteiger partial charge in [-0.2, -0.15) is 0 Å². The number of rotatable bonds is 6. The molecular formula is C23H35ClN4O2. The van der Waals surface area contributed by atoms with E-state index in [0.717, 1.165) is 69.3 Å². The SMILES string of the molecule is CN=C(NCC1(C(=O)N(C)C)CCCC1)NCC1(c2cccc(Cl)c2)CCOCC1. The van der Waals surface area contributed by atoms with Crippen LogP contribution in [0.3, 0.4) is 0 Å². The van der Waals surface area contributed by atoms with Crippen LogP contribution in [0.1, 0.15) is 44.1 Å². The Hall–Kier alpha value is -1.79. The predicted molar refractivity (Wildman–Crippen MR) is 122 cm³/mol. The first-order chi connectivity index (χ1) is 14.4. The number of hydrogen-bond acceptors (Lipinski definition) is 3. The summed E-state index contributed by atoms with van der Waals surface area (Å²) in [5.74, 6) is 0.948. The molecule has 1 aliphatic carbocycles. The summed E-state index contributed by atoms with van der Waals surface area (Å²) in [7, 11) is 5.46. The Labute approximate surface area is 185 Å². The number of nitrogens with one attached hydrogen (secondary N) is 2. The molecule has 0 aromatic heterocycles. The Morgan fingerprint density at radius 1 is 1.13 bits per heavy atom. The summed E-state index contributed by atoms with van der Waals surface area (Å²) >= 11 is 6.29. The van der Waals surface area contributed by atoms with Crippen molar-refractivity contribution in [1.82, 2.24) is 15.5 Å². The monoisotopic (exact) mass is 434 g/mol. The molecule has 0 radical (unpaired) electrons. The maximum atomic E-state index is 12.8. The fourth-order valence-corrected chi connectivity index (χ4v) is 5.06. The highest BCUT2D eigenvalue weighted by molar-refractivity contribution is 6.30. The van der Waals surface area contributed by atoms with Gasteiger partial charge in [0.2, 0.25) is 5.91 Å². The van der Waals surface area contributed by atoms with Gasteiger partial charge in [0.1, 0.15) is 0 Å². The molecule has 1 aromatic rings. The van der Waals surface area contributed by atoms with Crippen molar-refractivity contribution in [2.24, 2.45) is 10.4 Å². The molecule has 1 heterocycles. The van der Waals surface area contributed by atoms with Gasteiger partial charge in [0.05, 0.1) is 5.41 Å². The van der Waals surface area contributed by atoms with Crippen molar-refractivity contribution in [3.63, 3.8) is 0 Å². The normalized spacial score (nSPS) is 20.6. The van der Waals surface area contributed by atoms with E-state index in [9.17, 15) is 4.79 Å². The Kier molecular flexibility index (Phi) is 7.64. The van der Waals surface area contributed by atoms with E-state index in [2.05, 4.69) is 27.8 Å². The Morgan fingerprint density at radius 2 is 1.80 bits per heavy atom. The minimum absolute atomic E-state index is 0.0503. The van der Waals surface area contributed by atoms with Crippen molar-refractivity contribution in [3.05, 3.63) is 34.9 Å². The van der Waals surface area contributed by atoms with Gasteiger partial charge < -0.3 is 20.3 Å². The van der Waals surface area contributed by atoms with Crippen LogP contribution in [-0.4, -0.2) is 64.2 Å². The minimum atomic E-state index is -0.329. The number of aliphatic imine (C=N–C) groups is 1. The molecule has 166 valence electrons. The van der Waals surface area contributed by atoms with E-state index in [-0.39, 0.29) is 16.7 Å². The third-order valence-corrected chi connectivity index (χ3v) is 6.95. The number of benzene rings is 1. The number of guanidine groups is 1. The van der Waals surface area contributed by atoms with Gasteiger partial charge in [-0.1, -0.05) is 36.6 Å². The van der Waals surface area contributed by atoms with E-state index in [0.29, 0.717) is 6.54 Å². The van der Waals surface area contributed by atoms with Crippen LogP contribution in [0.4, 0.5) is 0 Å². The number of halogens is 1. The molecule has 2 fully saturated rings. The van der Waals surface area contributed by atoms with E-state index in [1.165, 1.54) is 5.56 Å². The van der Waals surface area contributed by atoms with Crippen LogP contribution < -0.4 is 10.6 Å². The first-order valence-corrected chi connectivity index (χ1v) is 11.3. The predicted octanol–water partition coefficient (Wildman–Crippen LogP) is 3.20. The second kappa shape index (κ2) is 10.0. The summed E-state index contributed by atoms with van der Waals surface area (Å²) in [5, 5.41) is 7.72. The molecule has 1 aliphatic heterocycles. The van der Waals surface area contributed by atoms with Gasteiger partial charge in [0.25, 0.3) is 0 Å². The van der Waals surface area contributed by atoms with Crippen LogP contribution in [0.25, 0.3) is 0 Å². The largest absolute Gasteiger partial charge is 0.381 e. The van der Waals surface area contributed by atoms with Gasteiger partial charge in [-0.15, -0.1) is 0 Å². The highest BCUT2D eigenvalue weighted by Crippen LogP contribution is 2.39. The van der Waals surface area contributed by atoms with E-state index in [1.54, 1.807) is 11.9 Å². The van der Waals surface area contributed by atoms with Gasteiger partial charge in [0.15, 0.2) is 5.96 Å². The minimum Gasteiger partial charge on any atom is -0.381 e. The van der Waals surface area contributed by atoms with E-state index in [1.807, 2.05) is 26.2 Å². The lowest BCUT2D eigenvalue weighted by molar-refractivity contribution is -0.138. The lowest BCUT2D eigenvalue weighted by Crippen LogP contribution is -2.52. The molecule has 1 saturated carbocycles. The Bertz CT molecular complexity index is 753. The number of amides is 1. The standard InChI is InChI=1S/C23H35ClN4O2/c1-25-21(27-17-23(9-4-5-10-23)20(29)28(2)3)26-16-22(11-13-30-14-12-22)18-7-6-8-19(24)15-18/h6-8,15H,4-5,9-14,16-17H2,1-3H3,(H2,25,26,27). The third kappa shape index (κ3) is 5.09. The maximum Gasteiger partial charge on any atom is 0.230 e. The molecule has 2 aliphatic rings. The summed E-state index contributed by atoms with van der Waals surface area (Å²) in [4.78, 5) is 19.0. The second-order valence-corrected chi connectivity index (χ2v) is 9.31. The molecular weight excluding hydrogens is 400 g/mol. The fourth-order valence-electron chi connectivity index (χ4n) is 4.87. The zero-order chi connectivity index (χ0) is 21.6. The van der Waals surface area contributed by atoms with Gasteiger partial charge in [-0.25, -0.2) is 0 Å². The summed E-state index contributed by atoms with van der Waals surface area (Å²) in [6.07, 6.45) is 5.92. The molecule has 0 unspecified atom stereocenters. The van der Waals surface area contributed by atoms with E-state index < -0.39 is 0 Å². The lowest BCUT2D eigenvalue weighted by Gasteiger charge is -2.38. The highest BCUT2D eigenvalue weighted by atomic mass is 35.5. The van der Waals surface area contributed by atoms with Crippen molar-refractivity contribution in [1.29, 1.82) is 0 Å². The van der Waals surface area contributed by atoms with Crippen molar-refractivity contribution in [2.45, 2.75) is 43.9 Å². The van der Waals surface area contributed by atoms with Crippen LogP contribution in [0.2, 0.25) is 5.02 Å². The van der Waals surface area contributed by atoms with Gasteiger partial charge in [-0.3, -0.25) is 9.79 Å².